The summed E-state index contributed by atoms with van der Waals surface area (Å²) < 4.78 is 99.1. The van der Waals surface area contributed by atoms with Crippen LogP contribution in [0.5, 0.6) is 0 Å². The van der Waals surface area contributed by atoms with Crippen molar-refractivity contribution in [3.05, 3.63) is 11.1 Å². The van der Waals surface area contributed by atoms with Gasteiger partial charge in [-0.3, -0.25) is 0 Å². The first kappa shape index (κ1) is 20.1. The fourth-order valence-electron chi connectivity index (χ4n) is 1.25. The highest BCUT2D eigenvalue weighted by Gasteiger charge is 2.47. The second kappa shape index (κ2) is 6.92. The minimum Gasteiger partial charge on any atom is -0.478 e. The molecule has 0 rings (SSSR count). The molecule has 0 amide bonds. The zero-order valence-corrected chi connectivity index (χ0v) is 10.3. The fourth-order valence-corrected chi connectivity index (χ4v) is 1.25. The summed E-state index contributed by atoms with van der Waals surface area (Å²) in [6, 6.07) is 0. The van der Waals surface area contributed by atoms with Gasteiger partial charge in [-0.2, -0.15) is 17.6 Å². The molecule has 0 spiro atoms. The number of hydrogen-bond acceptors (Lipinski definition) is 2. The van der Waals surface area contributed by atoms with Gasteiger partial charge in [-0.1, -0.05) is 0 Å². The van der Waals surface area contributed by atoms with Gasteiger partial charge in [0.05, 0.1) is 24.0 Å². The van der Waals surface area contributed by atoms with Crippen LogP contribution in [0, 0.1) is 0 Å². The minimum atomic E-state index is -5.03. The number of carboxylic acid groups (broad SMARTS) is 2. The van der Waals surface area contributed by atoms with Gasteiger partial charge in [-0.25, -0.2) is 27.2 Å². The molecule has 0 radical (unpaired) electrons. The van der Waals surface area contributed by atoms with Crippen LogP contribution in [0.25, 0.3) is 0 Å². The Morgan fingerprint density at radius 2 is 0.955 bits per heavy atom. The molecule has 0 heterocycles. The molecular formula is C10H8F8O4. The Kier molecular flexibility index (Phi) is 6.33. The van der Waals surface area contributed by atoms with Crippen LogP contribution in [0.1, 0.15) is 12.8 Å². The lowest BCUT2D eigenvalue weighted by Crippen LogP contribution is -2.32. The normalized spacial score (nSPS) is 14.3. The van der Waals surface area contributed by atoms with Crippen molar-refractivity contribution in [2.24, 2.45) is 0 Å². The van der Waals surface area contributed by atoms with Crippen LogP contribution < -0.4 is 0 Å². The zero-order chi connectivity index (χ0) is 17.9. The first-order valence-corrected chi connectivity index (χ1v) is 5.23. The molecule has 0 aliphatic carbocycles. The van der Waals surface area contributed by atoms with Crippen molar-refractivity contribution in [3.63, 3.8) is 0 Å². The lowest BCUT2D eigenvalue weighted by atomic mass is 9.96. The maximum atomic E-state index is 12.8. The van der Waals surface area contributed by atoms with Crippen LogP contribution >= 0.6 is 0 Å². The number of alkyl halides is 8. The third kappa shape index (κ3) is 5.15. The summed E-state index contributed by atoms with van der Waals surface area (Å²) in [5.41, 5.74) is -4.00. The van der Waals surface area contributed by atoms with Crippen LogP contribution in [0.2, 0.25) is 0 Å². The second-order valence-electron chi connectivity index (χ2n) is 4.04. The summed E-state index contributed by atoms with van der Waals surface area (Å²) in [6.45, 7) is 0. The van der Waals surface area contributed by atoms with Crippen LogP contribution in [0.15, 0.2) is 11.1 Å². The zero-order valence-electron chi connectivity index (χ0n) is 10.3. The standard InChI is InChI=1S/C10H8F8O4/c11-7(12)9(15,16)1-3(5(19)20)4(6(21)22)2-10(17,18)8(13)14/h7-8H,1-2H2,(H,19,20)(H,21,22). The Balaban J connectivity index is 5.90. The highest BCUT2D eigenvalue weighted by molar-refractivity contribution is 5.99. The minimum absolute atomic E-state index is 2.00. The van der Waals surface area contributed by atoms with E-state index < -0.39 is 60.6 Å². The van der Waals surface area contributed by atoms with Gasteiger partial charge in [-0.05, 0) is 0 Å². The van der Waals surface area contributed by atoms with Gasteiger partial charge in [0.15, 0.2) is 0 Å². The average molecular weight is 344 g/mol. The summed E-state index contributed by atoms with van der Waals surface area (Å²) in [6.07, 6.45) is -13.6. The molecule has 0 aliphatic heterocycles. The lowest BCUT2D eigenvalue weighted by Gasteiger charge is -2.20. The van der Waals surface area contributed by atoms with E-state index in [1.165, 1.54) is 0 Å². The van der Waals surface area contributed by atoms with Gasteiger partial charge in [0, 0.05) is 0 Å². The quantitative estimate of drug-likeness (QED) is 0.524. The molecule has 0 aromatic heterocycles. The number of carboxylic acids is 2. The predicted octanol–water partition coefficient (Wildman–Crippen LogP) is 3.03. The molecule has 4 nitrogen and oxygen atoms in total. The van der Waals surface area contributed by atoms with Crippen LogP contribution in [0.4, 0.5) is 35.1 Å². The van der Waals surface area contributed by atoms with Gasteiger partial charge in [0.2, 0.25) is 0 Å². The Morgan fingerprint density at radius 3 is 1.09 bits per heavy atom. The predicted molar refractivity (Wildman–Crippen MR) is 53.4 cm³/mol. The molecule has 0 saturated carbocycles. The Bertz CT molecular complexity index is 430. The summed E-state index contributed by atoms with van der Waals surface area (Å²) in [7, 11) is 0. The molecule has 0 fully saturated rings. The van der Waals surface area contributed by atoms with E-state index in [4.69, 9.17) is 10.2 Å². The number of hydrogen-bond donors (Lipinski definition) is 2. The van der Waals surface area contributed by atoms with Gasteiger partial charge >= 0.3 is 36.6 Å². The van der Waals surface area contributed by atoms with Gasteiger partial charge in [-0.15, -0.1) is 0 Å². The second-order valence-corrected chi connectivity index (χ2v) is 4.04. The van der Waals surface area contributed by atoms with Crippen LogP contribution in [-0.4, -0.2) is 46.8 Å². The maximum Gasteiger partial charge on any atom is 0.332 e. The largest absolute Gasteiger partial charge is 0.478 e. The molecule has 128 valence electrons. The van der Waals surface area contributed by atoms with Gasteiger partial charge in [0.25, 0.3) is 0 Å². The molecule has 0 saturated heterocycles. The number of rotatable bonds is 8. The summed E-state index contributed by atoms with van der Waals surface area (Å²) in [4.78, 5) is 21.3. The summed E-state index contributed by atoms with van der Waals surface area (Å²) in [5, 5.41) is 17.1. The number of aliphatic carboxylic acids is 2. The molecule has 0 atom stereocenters. The first-order valence-electron chi connectivity index (χ1n) is 5.23. The Morgan fingerprint density at radius 1 is 0.727 bits per heavy atom. The van der Waals surface area contributed by atoms with Gasteiger partial charge < -0.3 is 10.2 Å². The molecule has 0 aromatic carbocycles. The van der Waals surface area contributed by atoms with Crippen LogP contribution in [-0.2, 0) is 9.59 Å². The molecule has 0 unspecified atom stereocenters. The molecule has 0 aliphatic rings. The number of halogens is 8. The summed E-state index contributed by atoms with van der Waals surface area (Å²) in [5.74, 6) is -15.1. The monoisotopic (exact) mass is 344 g/mol. The van der Waals surface area contributed by atoms with E-state index >= 15 is 0 Å². The molecular weight excluding hydrogens is 336 g/mol. The Labute approximate surface area is 117 Å². The molecule has 12 heteroatoms. The smallest absolute Gasteiger partial charge is 0.332 e. The van der Waals surface area contributed by atoms with Crippen LogP contribution in [0.3, 0.4) is 0 Å². The Hall–Kier alpha value is -1.88. The van der Waals surface area contributed by atoms with E-state index in [9.17, 15) is 44.7 Å². The van der Waals surface area contributed by atoms with E-state index in [2.05, 4.69) is 0 Å². The number of carbonyl (C=O) groups is 2. The topological polar surface area (TPSA) is 74.6 Å². The molecule has 2 N–H and O–H groups in total. The lowest BCUT2D eigenvalue weighted by molar-refractivity contribution is -0.146. The highest BCUT2D eigenvalue weighted by Crippen LogP contribution is 2.36. The fraction of sp³-hybridized carbons (Fsp3) is 0.600. The average Bonchev–Trinajstić information content (AvgIpc) is 2.32. The SMILES string of the molecule is O=C(O)C(CC(F)(F)C(F)F)=C(CC(F)(F)C(F)F)C(=O)O. The van der Waals surface area contributed by atoms with E-state index in [1.807, 2.05) is 0 Å². The van der Waals surface area contributed by atoms with E-state index in [-0.39, 0.29) is 0 Å². The van der Waals surface area contributed by atoms with Crippen molar-refractivity contribution < 1.29 is 54.9 Å². The van der Waals surface area contributed by atoms with Crippen molar-refractivity contribution >= 4 is 11.9 Å². The van der Waals surface area contributed by atoms with E-state index in [0.717, 1.165) is 0 Å². The van der Waals surface area contributed by atoms with Crippen molar-refractivity contribution in [2.75, 3.05) is 0 Å². The third-order valence-electron chi connectivity index (χ3n) is 2.34. The van der Waals surface area contributed by atoms with E-state index in [0.29, 0.717) is 0 Å². The van der Waals surface area contributed by atoms with Gasteiger partial charge in [0.1, 0.15) is 0 Å². The van der Waals surface area contributed by atoms with Crippen molar-refractivity contribution in [1.82, 2.24) is 0 Å². The highest BCUT2D eigenvalue weighted by atomic mass is 19.3. The maximum absolute atomic E-state index is 12.8. The molecule has 22 heavy (non-hydrogen) atoms. The first-order chi connectivity index (χ1) is 9.72. The summed E-state index contributed by atoms with van der Waals surface area (Å²) >= 11 is 0. The van der Waals surface area contributed by atoms with Crippen molar-refractivity contribution in [1.29, 1.82) is 0 Å². The third-order valence-corrected chi connectivity index (χ3v) is 2.34. The van der Waals surface area contributed by atoms with E-state index in [1.54, 1.807) is 0 Å². The molecule has 0 aromatic rings. The molecule has 0 bridgehead atoms. The van der Waals surface area contributed by atoms with Crippen molar-refractivity contribution in [3.8, 4) is 0 Å². The van der Waals surface area contributed by atoms with Crippen molar-refractivity contribution in [2.45, 2.75) is 37.5 Å².